The van der Waals surface area contributed by atoms with Crippen LogP contribution in [0.5, 0.6) is 11.6 Å². The zero-order valence-electron chi connectivity index (χ0n) is 12.3. The predicted octanol–water partition coefficient (Wildman–Crippen LogP) is 3.90. The highest BCUT2D eigenvalue weighted by Crippen LogP contribution is 2.26. The Morgan fingerprint density at radius 2 is 1.83 bits per heavy atom. The highest BCUT2D eigenvalue weighted by Gasteiger charge is 2.04. The lowest BCUT2D eigenvalue weighted by molar-refractivity contribution is 0.461. The van der Waals surface area contributed by atoms with Crippen LogP contribution in [0.1, 0.15) is 18.8 Å². The van der Waals surface area contributed by atoms with Crippen molar-refractivity contribution in [2.75, 3.05) is 0 Å². The Morgan fingerprint density at radius 1 is 1.04 bits per heavy atom. The number of benzene rings is 2. The zero-order chi connectivity index (χ0) is 16.1. The van der Waals surface area contributed by atoms with Gasteiger partial charge < -0.3 is 10.5 Å². The first kappa shape index (κ1) is 17.1. The second-order valence-corrected chi connectivity index (χ2v) is 4.86. The average Bonchev–Trinajstić information content (AvgIpc) is 2.62. The minimum Gasteiger partial charge on any atom is -0.439 e. The number of rotatable bonds is 4. The van der Waals surface area contributed by atoms with Crippen molar-refractivity contribution in [1.29, 1.82) is 5.26 Å². The van der Waals surface area contributed by atoms with E-state index in [9.17, 15) is 0 Å². The summed E-state index contributed by atoms with van der Waals surface area (Å²) >= 11 is 0. The van der Waals surface area contributed by atoms with Crippen LogP contribution in [0.15, 0.2) is 60.8 Å². The summed E-state index contributed by atoms with van der Waals surface area (Å²) in [4.78, 5) is 7.82. The van der Waals surface area contributed by atoms with Gasteiger partial charge >= 0.3 is 0 Å². The minimum atomic E-state index is 0. The van der Waals surface area contributed by atoms with Gasteiger partial charge in [-0.25, -0.2) is 4.98 Å². The summed E-state index contributed by atoms with van der Waals surface area (Å²) in [6, 6.07) is 19.2. The Balaban J connectivity index is 0.00000208. The average molecular weight is 318 g/mol. The fraction of sp³-hybridized carbons (Fsp3) is 0.105. The lowest BCUT2D eigenvalue weighted by Crippen LogP contribution is -1.95. The third kappa shape index (κ3) is 3.94. The van der Waals surface area contributed by atoms with Gasteiger partial charge in [0.1, 0.15) is 11.8 Å². The normalized spacial score (nSPS) is 9.67. The maximum Gasteiger partial charge on any atom is 0.235 e. The lowest BCUT2D eigenvalue weighted by atomic mass is 10.0. The number of nitrogens with zero attached hydrogens (tertiary/aromatic N) is 3. The molecule has 5 heteroatoms. The number of nitriles is 1. The maximum absolute atomic E-state index is 8.82. The summed E-state index contributed by atoms with van der Waals surface area (Å²) in [5, 5.41) is 8.82. The third-order valence-corrected chi connectivity index (χ3v) is 3.31. The summed E-state index contributed by atoms with van der Waals surface area (Å²) in [5.74, 6) is 1.07. The standard InChI is InChI=1S/C18H14N4O.CH4/c19-11-13-4-6-14(7-5-13)15-2-1-3-16(10-15)23-18-8-9-21-17(12-20)22-18;/h1-10H,11,19H2;1H4. The van der Waals surface area contributed by atoms with Crippen LogP contribution in [-0.2, 0) is 6.54 Å². The van der Waals surface area contributed by atoms with Gasteiger partial charge in [0, 0.05) is 18.8 Å². The molecule has 1 heterocycles. The molecule has 0 fully saturated rings. The van der Waals surface area contributed by atoms with E-state index in [-0.39, 0.29) is 13.3 Å². The molecule has 0 radical (unpaired) electrons. The van der Waals surface area contributed by atoms with Crippen molar-refractivity contribution in [2.24, 2.45) is 5.73 Å². The summed E-state index contributed by atoms with van der Waals surface area (Å²) in [6.07, 6.45) is 1.50. The van der Waals surface area contributed by atoms with Gasteiger partial charge in [-0.15, -0.1) is 0 Å². The van der Waals surface area contributed by atoms with Crippen LogP contribution in [0.4, 0.5) is 0 Å². The van der Waals surface area contributed by atoms with Crippen molar-refractivity contribution in [3.63, 3.8) is 0 Å². The van der Waals surface area contributed by atoms with Gasteiger partial charge in [-0.1, -0.05) is 43.8 Å². The highest BCUT2D eigenvalue weighted by molar-refractivity contribution is 5.65. The Bertz CT molecular complexity index is 854. The fourth-order valence-electron chi connectivity index (χ4n) is 2.15. The maximum atomic E-state index is 8.82. The second-order valence-electron chi connectivity index (χ2n) is 4.86. The molecule has 0 aliphatic rings. The first-order chi connectivity index (χ1) is 11.3. The second kappa shape index (κ2) is 7.86. The zero-order valence-corrected chi connectivity index (χ0v) is 12.3. The van der Waals surface area contributed by atoms with Gasteiger partial charge in [0.25, 0.3) is 0 Å². The van der Waals surface area contributed by atoms with Crippen molar-refractivity contribution in [1.82, 2.24) is 9.97 Å². The van der Waals surface area contributed by atoms with Crippen molar-refractivity contribution < 1.29 is 4.74 Å². The van der Waals surface area contributed by atoms with E-state index in [1.165, 1.54) is 6.20 Å². The molecule has 0 amide bonds. The molecule has 0 saturated heterocycles. The van der Waals surface area contributed by atoms with Crippen molar-refractivity contribution in [3.05, 3.63) is 72.2 Å². The Morgan fingerprint density at radius 3 is 2.54 bits per heavy atom. The van der Waals surface area contributed by atoms with Gasteiger partial charge in [-0.3, -0.25) is 0 Å². The number of hydrogen-bond acceptors (Lipinski definition) is 5. The van der Waals surface area contributed by atoms with E-state index in [4.69, 9.17) is 15.7 Å². The summed E-state index contributed by atoms with van der Waals surface area (Å²) in [5.41, 5.74) is 8.81. The summed E-state index contributed by atoms with van der Waals surface area (Å²) in [6.45, 7) is 0.526. The molecule has 5 nitrogen and oxygen atoms in total. The van der Waals surface area contributed by atoms with E-state index < -0.39 is 0 Å². The van der Waals surface area contributed by atoms with Gasteiger partial charge in [-0.2, -0.15) is 10.2 Å². The molecule has 3 aromatic rings. The summed E-state index contributed by atoms with van der Waals surface area (Å²) in [7, 11) is 0. The number of aromatic nitrogens is 2. The molecule has 2 N–H and O–H groups in total. The fourth-order valence-corrected chi connectivity index (χ4v) is 2.15. The first-order valence-electron chi connectivity index (χ1n) is 7.09. The molecule has 120 valence electrons. The molecule has 0 spiro atoms. The van der Waals surface area contributed by atoms with Crippen LogP contribution in [0, 0.1) is 11.3 Å². The smallest absolute Gasteiger partial charge is 0.235 e. The van der Waals surface area contributed by atoms with Gasteiger partial charge in [-0.05, 0) is 28.8 Å². The summed E-state index contributed by atoms with van der Waals surface area (Å²) < 4.78 is 5.71. The molecule has 0 bridgehead atoms. The van der Waals surface area contributed by atoms with E-state index in [1.54, 1.807) is 6.07 Å². The first-order valence-corrected chi connectivity index (χ1v) is 7.09. The van der Waals surface area contributed by atoms with Crippen LogP contribution in [-0.4, -0.2) is 9.97 Å². The molecule has 24 heavy (non-hydrogen) atoms. The van der Waals surface area contributed by atoms with E-state index >= 15 is 0 Å². The van der Waals surface area contributed by atoms with Crippen LogP contribution < -0.4 is 10.5 Å². The molecule has 1 aromatic heterocycles. The third-order valence-electron chi connectivity index (χ3n) is 3.31. The van der Waals surface area contributed by atoms with Crippen molar-refractivity contribution in [2.45, 2.75) is 14.0 Å². The molecule has 0 saturated carbocycles. The highest BCUT2D eigenvalue weighted by atomic mass is 16.5. The van der Waals surface area contributed by atoms with Crippen LogP contribution in [0.3, 0.4) is 0 Å². The van der Waals surface area contributed by atoms with E-state index in [0.29, 0.717) is 18.2 Å². The molecular weight excluding hydrogens is 300 g/mol. The molecule has 0 atom stereocenters. The van der Waals surface area contributed by atoms with Crippen molar-refractivity contribution in [3.8, 4) is 28.8 Å². The number of hydrogen-bond donors (Lipinski definition) is 1. The monoisotopic (exact) mass is 318 g/mol. The number of ether oxygens (including phenoxy) is 1. The Hall–Kier alpha value is -3.23. The van der Waals surface area contributed by atoms with E-state index in [0.717, 1.165) is 16.7 Å². The minimum absolute atomic E-state index is 0. The van der Waals surface area contributed by atoms with Crippen molar-refractivity contribution >= 4 is 0 Å². The van der Waals surface area contributed by atoms with Crippen LogP contribution in [0.25, 0.3) is 11.1 Å². The van der Waals surface area contributed by atoms with E-state index in [2.05, 4.69) is 9.97 Å². The topological polar surface area (TPSA) is 84.8 Å². The molecule has 0 aliphatic carbocycles. The SMILES string of the molecule is C.N#Cc1nccc(Oc2cccc(-c3ccc(CN)cc3)c2)n1. The van der Waals surface area contributed by atoms with Crippen LogP contribution >= 0.6 is 0 Å². The Labute approximate surface area is 141 Å². The molecule has 0 aliphatic heterocycles. The Kier molecular flexibility index (Phi) is 5.61. The van der Waals surface area contributed by atoms with Gasteiger partial charge in [0.2, 0.25) is 11.7 Å². The number of nitrogens with two attached hydrogens (primary N) is 1. The van der Waals surface area contributed by atoms with E-state index in [1.807, 2.05) is 54.6 Å². The molecule has 0 unspecified atom stereocenters. The molecular formula is C19H18N4O. The molecule has 3 rings (SSSR count). The predicted molar refractivity (Wildman–Crippen MR) is 93.3 cm³/mol. The van der Waals surface area contributed by atoms with Crippen LogP contribution in [0.2, 0.25) is 0 Å². The quantitative estimate of drug-likeness (QED) is 0.788. The molecule has 2 aromatic carbocycles. The van der Waals surface area contributed by atoms with Gasteiger partial charge in [0.05, 0.1) is 0 Å². The van der Waals surface area contributed by atoms with Gasteiger partial charge in [0.15, 0.2) is 0 Å². The largest absolute Gasteiger partial charge is 0.439 e. The lowest BCUT2D eigenvalue weighted by Gasteiger charge is -2.07.